The van der Waals surface area contributed by atoms with E-state index in [9.17, 15) is 32.4 Å². The average Bonchev–Trinajstić information content (AvgIpc) is 3.85. The summed E-state index contributed by atoms with van der Waals surface area (Å²) in [4.78, 5) is 72.9. The molecule has 3 atom stereocenters. The molecule has 5 amide bonds. The summed E-state index contributed by atoms with van der Waals surface area (Å²) < 4.78 is 45.7. The number of hydrogen-bond acceptors (Lipinski definition) is 10. The second kappa shape index (κ2) is 19.5. The van der Waals surface area contributed by atoms with Crippen LogP contribution in [0.2, 0.25) is 0 Å². The molecule has 342 valence electrons. The van der Waals surface area contributed by atoms with Crippen molar-refractivity contribution in [2.45, 2.75) is 128 Å². The predicted octanol–water partition coefficient (Wildman–Crippen LogP) is 7.52. The lowest BCUT2D eigenvalue weighted by molar-refractivity contribution is -0.133. The van der Waals surface area contributed by atoms with Crippen molar-refractivity contribution in [1.29, 1.82) is 0 Å². The first-order valence-electron chi connectivity index (χ1n) is 21.7. The first-order chi connectivity index (χ1) is 29.7. The van der Waals surface area contributed by atoms with Gasteiger partial charge in [-0.25, -0.2) is 18.1 Å². The molecule has 2 aliphatic rings. The second-order valence-corrected chi connectivity index (χ2v) is 19.1. The molecule has 2 aliphatic heterocycles. The Morgan fingerprint density at radius 1 is 0.794 bits per heavy atom. The summed E-state index contributed by atoms with van der Waals surface area (Å²) in [5.41, 5.74) is 1.66. The number of hydrogen-bond donors (Lipinski definition) is 2. The van der Waals surface area contributed by atoms with Crippen LogP contribution < -0.4 is 24.8 Å². The molecule has 0 aromatic heterocycles. The maximum atomic E-state index is 14.7. The summed E-state index contributed by atoms with van der Waals surface area (Å²) in [5.74, 6) is -2.41. The summed E-state index contributed by atoms with van der Waals surface area (Å²) in [6, 6.07) is 10.5. The summed E-state index contributed by atoms with van der Waals surface area (Å²) in [6.45, 7) is 18.8. The van der Waals surface area contributed by atoms with Gasteiger partial charge in [0.1, 0.15) is 23.3 Å². The number of anilines is 2. The number of Topliss-reactive ketones (excluding diaryl/α,β-unsaturated/α-hetero) is 1. The highest BCUT2D eigenvalue weighted by atomic mass is 32.2. The summed E-state index contributed by atoms with van der Waals surface area (Å²) in [7, 11) is -1.28. The molecule has 2 saturated heterocycles. The molecule has 0 radical (unpaired) electrons. The third-order valence-corrected chi connectivity index (χ3v) is 14.7. The van der Waals surface area contributed by atoms with Crippen LogP contribution >= 0.6 is 0 Å². The minimum Gasteiger partial charge on any atom is -0.495 e. The molecule has 15 nitrogen and oxygen atoms in total. The number of ether oxygens (including phenoxy) is 3. The Hall–Kier alpha value is -5.48. The number of benzene rings is 3. The number of rotatable bonds is 20. The van der Waals surface area contributed by atoms with Gasteiger partial charge in [0.25, 0.3) is 17.7 Å². The van der Waals surface area contributed by atoms with E-state index < -0.39 is 57.7 Å². The number of methoxy groups -OCH3 is 2. The zero-order valence-corrected chi connectivity index (χ0v) is 39.2. The SMILES string of the molecule is CCC(Oc1ccc(C(C)(C)CC)cc1C(C)(C)CC)C(=O)Nc1cc(C(=O)C(C(=O)Nc2cc(S(=O)(=O)N(CC)CC)ccc2OC)N2C(=O)C3CCCN3C2=O)ccc1OC. The lowest BCUT2D eigenvalue weighted by atomic mass is 9.76. The molecule has 2 heterocycles. The molecular formula is C47H63N5O10S. The van der Waals surface area contributed by atoms with Gasteiger partial charge in [-0.1, -0.05) is 74.4 Å². The van der Waals surface area contributed by atoms with Crippen LogP contribution in [0, 0.1) is 0 Å². The van der Waals surface area contributed by atoms with E-state index in [4.69, 9.17) is 14.2 Å². The zero-order chi connectivity index (χ0) is 46.6. The van der Waals surface area contributed by atoms with Crippen LogP contribution in [0.4, 0.5) is 16.2 Å². The van der Waals surface area contributed by atoms with Crippen LogP contribution in [0.3, 0.4) is 0 Å². The van der Waals surface area contributed by atoms with Crippen LogP contribution in [-0.2, 0) is 35.2 Å². The van der Waals surface area contributed by atoms with Crippen molar-refractivity contribution in [3.63, 3.8) is 0 Å². The van der Waals surface area contributed by atoms with E-state index in [1.165, 1.54) is 59.8 Å². The van der Waals surface area contributed by atoms with Gasteiger partial charge in [0.05, 0.1) is 30.5 Å². The van der Waals surface area contributed by atoms with Gasteiger partial charge in [-0.2, -0.15) is 4.31 Å². The first kappa shape index (κ1) is 48.6. The van der Waals surface area contributed by atoms with Crippen LogP contribution in [0.1, 0.15) is 116 Å². The van der Waals surface area contributed by atoms with Crippen molar-refractivity contribution < 1.29 is 46.6 Å². The highest BCUT2D eigenvalue weighted by molar-refractivity contribution is 7.89. The molecule has 5 rings (SSSR count). The van der Waals surface area contributed by atoms with E-state index in [1.54, 1.807) is 13.8 Å². The van der Waals surface area contributed by atoms with Gasteiger partial charge in [0, 0.05) is 30.8 Å². The fourth-order valence-electron chi connectivity index (χ4n) is 7.88. The monoisotopic (exact) mass is 889 g/mol. The molecule has 2 N–H and O–H groups in total. The maximum absolute atomic E-state index is 14.7. The molecule has 3 aromatic rings. The largest absolute Gasteiger partial charge is 0.495 e. The van der Waals surface area contributed by atoms with Crippen molar-refractivity contribution in [1.82, 2.24) is 14.1 Å². The molecule has 0 saturated carbocycles. The zero-order valence-electron chi connectivity index (χ0n) is 38.4. The van der Waals surface area contributed by atoms with Crippen molar-refractivity contribution in [2.75, 3.05) is 44.5 Å². The number of carbonyl (C=O) groups excluding carboxylic acids is 5. The molecule has 0 bridgehead atoms. The second-order valence-electron chi connectivity index (χ2n) is 17.2. The minimum absolute atomic E-state index is 0.0704. The Morgan fingerprint density at radius 3 is 1.95 bits per heavy atom. The normalized spacial score (nSPS) is 16.5. The quantitative estimate of drug-likeness (QED) is 0.0654. The van der Waals surface area contributed by atoms with Gasteiger partial charge in [-0.15, -0.1) is 0 Å². The van der Waals surface area contributed by atoms with E-state index >= 15 is 0 Å². The van der Waals surface area contributed by atoms with E-state index in [-0.39, 0.29) is 63.8 Å². The topological polar surface area (TPSA) is 181 Å². The van der Waals surface area contributed by atoms with Gasteiger partial charge in [0.15, 0.2) is 17.9 Å². The number of nitrogens with one attached hydrogen (secondary N) is 2. The number of carbonyl (C=O) groups is 5. The number of amides is 5. The van der Waals surface area contributed by atoms with Gasteiger partial charge < -0.3 is 29.7 Å². The van der Waals surface area contributed by atoms with Crippen LogP contribution in [0.25, 0.3) is 0 Å². The van der Waals surface area contributed by atoms with E-state index in [2.05, 4.69) is 58.2 Å². The van der Waals surface area contributed by atoms with Crippen LogP contribution in [-0.4, -0.2) is 104 Å². The molecule has 16 heteroatoms. The first-order valence-corrected chi connectivity index (χ1v) is 23.2. The molecule has 3 aromatic carbocycles. The summed E-state index contributed by atoms with van der Waals surface area (Å²) in [5, 5.41) is 5.44. The number of ketones is 1. The number of sulfonamides is 1. The van der Waals surface area contributed by atoms with Crippen molar-refractivity contribution in [3.05, 3.63) is 71.3 Å². The lowest BCUT2D eigenvalue weighted by Crippen LogP contribution is -2.53. The Balaban J connectivity index is 1.51. The average molecular weight is 890 g/mol. The minimum atomic E-state index is -3.99. The van der Waals surface area contributed by atoms with Crippen molar-refractivity contribution >= 4 is 50.9 Å². The lowest BCUT2D eigenvalue weighted by Gasteiger charge is -2.31. The van der Waals surface area contributed by atoms with Crippen molar-refractivity contribution in [3.8, 4) is 17.2 Å². The van der Waals surface area contributed by atoms with Crippen LogP contribution in [0.15, 0.2) is 59.5 Å². The third-order valence-electron chi connectivity index (χ3n) is 12.7. The Morgan fingerprint density at radius 2 is 1.38 bits per heavy atom. The predicted molar refractivity (Wildman–Crippen MR) is 241 cm³/mol. The van der Waals surface area contributed by atoms with Crippen molar-refractivity contribution in [2.24, 2.45) is 0 Å². The Labute approximate surface area is 371 Å². The number of nitrogens with zero attached hydrogens (tertiary/aromatic N) is 3. The highest BCUT2D eigenvalue weighted by Gasteiger charge is 2.53. The summed E-state index contributed by atoms with van der Waals surface area (Å²) >= 11 is 0. The summed E-state index contributed by atoms with van der Waals surface area (Å²) in [6.07, 6.45) is 2.03. The van der Waals surface area contributed by atoms with Crippen LogP contribution in [0.5, 0.6) is 17.2 Å². The fourth-order valence-corrected chi connectivity index (χ4v) is 9.36. The molecular weight excluding hydrogens is 827 g/mol. The van der Waals surface area contributed by atoms with Gasteiger partial charge in [-0.05, 0) is 91.0 Å². The van der Waals surface area contributed by atoms with E-state index in [0.717, 1.165) is 24.0 Å². The number of urea groups is 1. The molecule has 0 aliphatic carbocycles. The number of fused-ring (bicyclic) bond motifs is 1. The molecule has 2 fully saturated rings. The van der Waals surface area contributed by atoms with Gasteiger partial charge >= 0.3 is 6.03 Å². The van der Waals surface area contributed by atoms with Gasteiger partial charge in [-0.3, -0.25) is 19.2 Å². The Kier molecular flexibility index (Phi) is 15.0. The highest BCUT2D eigenvalue weighted by Crippen LogP contribution is 2.40. The van der Waals surface area contributed by atoms with Gasteiger partial charge in [0.2, 0.25) is 10.0 Å². The molecule has 3 unspecified atom stereocenters. The fraction of sp³-hybridized carbons (Fsp3) is 0.511. The van der Waals surface area contributed by atoms with E-state index in [1.807, 2.05) is 19.1 Å². The number of imide groups is 1. The molecule has 0 spiro atoms. The third kappa shape index (κ3) is 9.71. The van der Waals surface area contributed by atoms with E-state index in [0.29, 0.717) is 29.9 Å². The maximum Gasteiger partial charge on any atom is 0.328 e. The standard InChI is InChI=1S/C47H63N5O10S/c1-12-36(62-37-23-20-30(46(6,7)13-2)27-32(37)47(8,9)14-3)42(54)48-33-26-29(19-22-38(33)60-10)41(53)40(52-44(56)35-18-17-25-51(35)45(52)57)43(55)49-34-28-31(21-24-39(34)61-11)63(58,59)50(15-4)16-5/h19-24,26-28,35-36,40H,12-18,25H2,1-11H3,(H,48,54)(H,49,55). The smallest absolute Gasteiger partial charge is 0.328 e. The molecule has 63 heavy (non-hydrogen) atoms. The Bertz CT molecular complexity index is 2320.